The largest absolute Gasteiger partial charge is 0.360 e. The lowest BCUT2D eigenvalue weighted by molar-refractivity contribution is -0.121. The number of rotatable bonds is 7. The van der Waals surface area contributed by atoms with Crippen molar-refractivity contribution in [3.05, 3.63) is 96.5 Å². The molecule has 0 radical (unpaired) electrons. The van der Waals surface area contributed by atoms with Crippen LogP contribution in [0, 0.1) is 5.92 Å². The second-order valence-corrected chi connectivity index (χ2v) is 9.44. The summed E-state index contributed by atoms with van der Waals surface area (Å²) in [5, 5.41) is 5.03. The zero-order chi connectivity index (χ0) is 25.4. The summed E-state index contributed by atoms with van der Waals surface area (Å²) in [6.45, 7) is 5.86. The summed E-state index contributed by atoms with van der Waals surface area (Å²) < 4.78 is 2.04. The Morgan fingerprint density at radius 1 is 1.14 bits per heavy atom. The third-order valence-corrected chi connectivity index (χ3v) is 6.80. The number of nitrogens with one attached hydrogen (secondary N) is 2. The van der Waals surface area contributed by atoms with Gasteiger partial charge in [-0.2, -0.15) is 0 Å². The van der Waals surface area contributed by atoms with E-state index in [4.69, 9.17) is 0 Å². The van der Waals surface area contributed by atoms with Crippen molar-refractivity contribution in [1.82, 2.24) is 14.9 Å². The second kappa shape index (κ2) is 9.38. The number of nitrogens with zero attached hydrogens (tertiary/aromatic N) is 2. The van der Waals surface area contributed by atoms with E-state index < -0.39 is 0 Å². The molecular formula is C30H30N4O2. The molecule has 0 saturated heterocycles. The number of hydrogen-bond acceptors (Lipinski definition) is 2. The maximum Gasteiger partial charge on any atom is 0.258 e. The van der Waals surface area contributed by atoms with E-state index in [-0.39, 0.29) is 17.7 Å². The number of carbonyl (C=O) groups is 2. The Morgan fingerprint density at radius 2 is 1.94 bits per heavy atom. The number of hydrogen-bond donors (Lipinski definition) is 2. The molecule has 6 nitrogen and oxygen atoms in total. The average molecular weight is 479 g/mol. The summed E-state index contributed by atoms with van der Waals surface area (Å²) >= 11 is 0. The molecule has 2 aromatic heterocycles. The molecule has 0 atom stereocenters. The van der Waals surface area contributed by atoms with Crippen LogP contribution in [0.25, 0.3) is 27.4 Å². The van der Waals surface area contributed by atoms with Crippen LogP contribution in [0.5, 0.6) is 0 Å². The van der Waals surface area contributed by atoms with Gasteiger partial charge in [-0.05, 0) is 67.8 Å². The molecule has 2 heterocycles. The zero-order valence-electron chi connectivity index (χ0n) is 20.8. The number of aromatic nitrogens is 2. The Bertz CT molecular complexity index is 1560. The number of amides is 2. The maximum absolute atomic E-state index is 13.2. The molecule has 6 heteroatoms. The average Bonchev–Trinajstić information content (AvgIpc) is 3.57. The highest BCUT2D eigenvalue weighted by Gasteiger charge is 2.29. The number of H-pyrrole nitrogens is 1. The third-order valence-electron chi connectivity index (χ3n) is 6.80. The molecule has 0 spiro atoms. The lowest BCUT2D eigenvalue weighted by Gasteiger charge is -2.18. The molecule has 0 unspecified atom stereocenters. The molecule has 2 N–H and O–H groups in total. The first kappa shape index (κ1) is 23.4. The number of benzene rings is 2. The molecule has 0 bridgehead atoms. The van der Waals surface area contributed by atoms with Crippen LogP contribution in [0.2, 0.25) is 0 Å². The lowest BCUT2D eigenvalue weighted by Crippen LogP contribution is -2.26. The molecule has 0 aliphatic heterocycles. The SMILES string of the molecule is C=C/C(=C\C=C(/C)NC(=O)C1CC1)c1c[nH]c2cc(N(C)C(=O)c3ccc4c(ccn4C)c3)ccc12. The molecule has 4 aromatic rings. The molecule has 1 aliphatic carbocycles. The summed E-state index contributed by atoms with van der Waals surface area (Å²) in [7, 11) is 3.79. The van der Waals surface area contributed by atoms with Gasteiger partial charge < -0.3 is 19.8 Å². The van der Waals surface area contributed by atoms with Gasteiger partial charge >= 0.3 is 0 Å². The minimum atomic E-state index is -0.0626. The summed E-state index contributed by atoms with van der Waals surface area (Å²) in [5.41, 5.74) is 6.23. The molecule has 36 heavy (non-hydrogen) atoms. The van der Waals surface area contributed by atoms with E-state index in [0.717, 1.165) is 57.2 Å². The van der Waals surface area contributed by atoms with Gasteiger partial charge in [-0.1, -0.05) is 24.8 Å². The standard InChI is InChI=1S/C30H30N4O2/c1-5-20(7-6-19(2)32-29(35)21-8-9-21)26-18-31-27-17-24(11-12-25(26)27)34(4)30(36)23-10-13-28-22(16-23)14-15-33(28)3/h5-7,10-18,21,31H,1,8-9H2,2-4H3,(H,32,35)/b19-6+,20-7+. The van der Waals surface area contributed by atoms with Gasteiger partial charge in [0.25, 0.3) is 5.91 Å². The van der Waals surface area contributed by atoms with Gasteiger partial charge in [0.1, 0.15) is 0 Å². The summed E-state index contributed by atoms with van der Waals surface area (Å²) in [6.07, 6.45) is 11.6. The predicted octanol–water partition coefficient (Wildman–Crippen LogP) is 5.94. The first-order chi connectivity index (χ1) is 17.4. The fourth-order valence-electron chi connectivity index (χ4n) is 4.45. The zero-order valence-corrected chi connectivity index (χ0v) is 20.8. The summed E-state index contributed by atoms with van der Waals surface area (Å²) in [6, 6.07) is 13.8. The van der Waals surface area contributed by atoms with E-state index in [0.29, 0.717) is 5.56 Å². The van der Waals surface area contributed by atoms with Crippen molar-refractivity contribution in [2.24, 2.45) is 13.0 Å². The number of carbonyl (C=O) groups excluding carboxylic acids is 2. The highest BCUT2D eigenvalue weighted by atomic mass is 16.2. The third kappa shape index (κ3) is 4.50. The Balaban J connectivity index is 1.38. The summed E-state index contributed by atoms with van der Waals surface area (Å²) in [4.78, 5) is 30.2. The quantitative estimate of drug-likeness (QED) is 0.323. The van der Waals surface area contributed by atoms with Gasteiger partial charge in [-0.15, -0.1) is 0 Å². The van der Waals surface area contributed by atoms with Gasteiger partial charge in [0, 0.05) is 76.7 Å². The maximum atomic E-state index is 13.2. The topological polar surface area (TPSA) is 70.1 Å². The fourth-order valence-corrected chi connectivity index (χ4v) is 4.45. The second-order valence-electron chi connectivity index (χ2n) is 9.44. The van der Waals surface area contributed by atoms with Gasteiger partial charge in [-0.3, -0.25) is 9.59 Å². The van der Waals surface area contributed by atoms with Crippen LogP contribution in [0.4, 0.5) is 5.69 Å². The smallest absolute Gasteiger partial charge is 0.258 e. The Morgan fingerprint density at radius 3 is 2.69 bits per heavy atom. The van der Waals surface area contributed by atoms with E-state index in [1.54, 1.807) is 18.0 Å². The number of aryl methyl sites for hydroxylation is 1. The van der Waals surface area contributed by atoms with Crippen molar-refractivity contribution < 1.29 is 9.59 Å². The van der Waals surface area contributed by atoms with Crippen LogP contribution in [-0.4, -0.2) is 28.4 Å². The van der Waals surface area contributed by atoms with Crippen molar-refractivity contribution >= 4 is 44.9 Å². The van der Waals surface area contributed by atoms with Crippen LogP contribution in [0.1, 0.15) is 35.7 Å². The predicted molar refractivity (Wildman–Crippen MR) is 147 cm³/mol. The molecule has 182 valence electrons. The van der Waals surface area contributed by atoms with Crippen molar-refractivity contribution in [2.75, 3.05) is 11.9 Å². The molecule has 1 saturated carbocycles. The molecule has 2 amide bonds. The monoisotopic (exact) mass is 478 g/mol. The highest BCUT2D eigenvalue weighted by Crippen LogP contribution is 2.30. The van der Waals surface area contributed by atoms with Crippen molar-refractivity contribution in [1.29, 1.82) is 0 Å². The van der Waals surface area contributed by atoms with Crippen molar-refractivity contribution in [3.63, 3.8) is 0 Å². The van der Waals surface area contributed by atoms with E-state index >= 15 is 0 Å². The molecule has 5 rings (SSSR count). The van der Waals surface area contributed by atoms with E-state index in [9.17, 15) is 9.59 Å². The highest BCUT2D eigenvalue weighted by molar-refractivity contribution is 6.08. The fraction of sp³-hybridized carbons (Fsp3) is 0.200. The first-order valence-electron chi connectivity index (χ1n) is 12.1. The lowest BCUT2D eigenvalue weighted by atomic mass is 10.0. The van der Waals surface area contributed by atoms with Gasteiger partial charge in [-0.25, -0.2) is 0 Å². The van der Waals surface area contributed by atoms with Crippen LogP contribution >= 0.6 is 0 Å². The molecule has 1 fully saturated rings. The van der Waals surface area contributed by atoms with Crippen LogP contribution in [0.15, 0.2) is 85.4 Å². The Kier molecular flexibility index (Phi) is 6.10. The number of fused-ring (bicyclic) bond motifs is 2. The van der Waals surface area contributed by atoms with Gasteiger partial charge in [0.15, 0.2) is 0 Å². The van der Waals surface area contributed by atoms with Gasteiger partial charge in [0.2, 0.25) is 5.91 Å². The number of allylic oxidation sites excluding steroid dienone is 5. The van der Waals surface area contributed by atoms with Crippen LogP contribution in [0.3, 0.4) is 0 Å². The van der Waals surface area contributed by atoms with Crippen LogP contribution < -0.4 is 10.2 Å². The van der Waals surface area contributed by atoms with E-state index in [2.05, 4.69) is 16.9 Å². The summed E-state index contributed by atoms with van der Waals surface area (Å²) in [5.74, 6) is 0.206. The normalized spacial score (nSPS) is 14.3. The van der Waals surface area contributed by atoms with Crippen molar-refractivity contribution in [3.8, 4) is 0 Å². The van der Waals surface area contributed by atoms with Crippen LogP contribution in [-0.2, 0) is 11.8 Å². The Labute approximate surface area is 210 Å². The number of aromatic amines is 1. The minimum Gasteiger partial charge on any atom is -0.360 e. The molecule has 2 aromatic carbocycles. The van der Waals surface area contributed by atoms with E-state index in [1.807, 2.05) is 85.5 Å². The van der Waals surface area contributed by atoms with Crippen molar-refractivity contribution in [2.45, 2.75) is 19.8 Å². The molecule has 1 aliphatic rings. The first-order valence-corrected chi connectivity index (χ1v) is 12.1. The Hall–Kier alpha value is -4.32. The van der Waals surface area contributed by atoms with Gasteiger partial charge in [0.05, 0.1) is 0 Å². The minimum absolute atomic E-state index is 0.0626. The number of anilines is 1. The molecular weight excluding hydrogens is 448 g/mol. The van der Waals surface area contributed by atoms with E-state index in [1.165, 1.54) is 0 Å².